The summed E-state index contributed by atoms with van der Waals surface area (Å²) >= 11 is 1.77. The third-order valence-corrected chi connectivity index (χ3v) is 4.59. The van der Waals surface area contributed by atoms with Gasteiger partial charge in [0.2, 0.25) is 0 Å². The first-order valence-corrected chi connectivity index (χ1v) is 7.61. The molecule has 3 heteroatoms. The largest absolute Gasteiger partial charge is 0.399 e. The fraction of sp³-hybridized carbons (Fsp3) is 0.375. The highest BCUT2D eigenvalue weighted by Gasteiger charge is 2.31. The predicted molar refractivity (Wildman–Crippen MR) is 82.3 cm³/mol. The van der Waals surface area contributed by atoms with E-state index in [9.17, 15) is 0 Å². The lowest BCUT2D eigenvalue weighted by Crippen LogP contribution is -2.41. The van der Waals surface area contributed by atoms with E-state index >= 15 is 0 Å². The van der Waals surface area contributed by atoms with Crippen molar-refractivity contribution in [3.63, 3.8) is 0 Å². The molecular weight excluding hydrogens is 252 g/mol. The van der Waals surface area contributed by atoms with Crippen LogP contribution in [-0.2, 0) is 18.5 Å². The van der Waals surface area contributed by atoms with Crippen LogP contribution >= 0.6 is 11.3 Å². The van der Waals surface area contributed by atoms with Crippen molar-refractivity contribution in [3.05, 3.63) is 51.7 Å². The number of rotatable bonds is 2. The van der Waals surface area contributed by atoms with Crippen LogP contribution in [0.4, 0.5) is 5.69 Å². The molecule has 1 aromatic heterocycles. The molecule has 2 heterocycles. The highest BCUT2D eigenvalue weighted by molar-refractivity contribution is 7.07. The van der Waals surface area contributed by atoms with Crippen molar-refractivity contribution in [1.29, 1.82) is 0 Å². The molecule has 0 saturated carbocycles. The van der Waals surface area contributed by atoms with Gasteiger partial charge in [-0.2, -0.15) is 11.3 Å². The molecule has 2 aromatic rings. The van der Waals surface area contributed by atoms with Gasteiger partial charge in [-0.1, -0.05) is 19.9 Å². The molecule has 2 N–H and O–H groups in total. The molecule has 1 aliphatic heterocycles. The normalized spacial score (nSPS) is 18.2. The number of nitrogen functional groups attached to an aromatic ring is 1. The summed E-state index contributed by atoms with van der Waals surface area (Å²) in [7, 11) is 0. The minimum Gasteiger partial charge on any atom is -0.399 e. The van der Waals surface area contributed by atoms with Crippen LogP contribution in [0, 0.1) is 0 Å². The van der Waals surface area contributed by atoms with Gasteiger partial charge in [-0.3, -0.25) is 4.90 Å². The Bertz CT molecular complexity index is 572. The maximum Gasteiger partial charge on any atom is 0.0317 e. The molecule has 0 unspecified atom stereocenters. The van der Waals surface area contributed by atoms with Crippen LogP contribution < -0.4 is 5.73 Å². The number of thiophene rings is 1. The summed E-state index contributed by atoms with van der Waals surface area (Å²) < 4.78 is 0. The Balaban J connectivity index is 1.89. The van der Waals surface area contributed by atoms with Gasteiger partial charge in [0.15, 0.2) is 0 Å². The van der Waals surface area contributed by atoms with Gasteiger partial charge in [-0.05, 0) is 45.6 Å². The van der Waals surface area contributed by atoms with Gasteiger partial charge in [0.05, 0.1) is 0 Å². The summed E-state index contributed by atoms with van der Waals surface area (Å²) in [4.78, 5) is 2.52. The maximum atomic E-state index is 5.94. The Morgan fingerprint density at radius 3 is 2.89 bits per heavy atom. The van der Waals surface area contributed by atoms with Gasteiger partial charge >= 0.3 is 0 Å². The maximum absolute atomic E-state index is 5.94. The van der Waals surface area contributed by atoms with Crippen LogP contribution in [0.2, 0.25) is 0 Å². The van der Waals surface area contributed by atoms with E-state index in [4.69, 9.17) is 5.73 Å². The van der Waals surface area contributed by atoms with E-state index < -0.39 is 0 Å². The molecule has 1 aromatic carbocycles. The van der Waals surface area contributed by atoms with E-state index in [0.717, 1.165) is 25.3 Å². The van der Waals surface area contributed by atoms with Gasteiger partial charge in [0, 0.05) is 30.7 Å². The highest BCUT2D eigenvalue weighted by Crippen LogP contribution is 2.34. The first kappa shape index (κ1) is 12.7. The Kier molecular flexibility index (Phi) is 3.11. The Hall–Kier alpha value is -1.32. The van der Waals surface area contributed by atoms with Gasteiger partial charge < -0.3 is 5.73 Å². The van der Waals surface area contributed by atoms with Gasteiger partial charge in [-0.15, -0.1) is 0 Å². The van der Waals surface area contributed by atoms with Gasteiger partial charge in [0.25, 0.3) is 0 Å². The zero-order chi connectivity index (χ0) is 13.5. The predicted octanol–water partition coefficient (Wildman–Crippen LogP) is 3.62. The minimum atomic E-state index is 0.192. The molecule has 0 radical (unpaired) electrons. The fourth-order valence-electron chi connectivity index (χ4n) is 3.10. The van der Waals surface area contributed by atoms with E-state index in [2.05, 4.69) is 47.7 Å². The van der Waals surface area contributed by atoms with E-state index in [0.29, 0.717) is 0 Å². The van der Waals surface area contributed by atoms with Crippen molar-refractivity contribution in [2.24, 2.45) is 0 Å². The molecule has 0 aliphatic carbocycles. The second-order valence-electron chi connectivity index (χ2n) is 6.08. The monoisotopic (exact) mass is 272 g/mol. The average Bonchev–Trinajstić information content (AvgIpc) is 2.79. The molecule has 1 aliphatic rings. The first-order valence-electron chi connectivity index (χ1n) is 6.67. The molecule has 0 saturated heterocycles. The number of benzene rings is 1. The van der Waals surface area contributed by atoms with E-state index in [1.54, 1.807) is 11.3 Å². The third kappa shape index (κ3) is 2.53. The Labute approximate surface area is 118 Å². The van der Waals surface area contributed by atoms with Crippen molar-refractivity contribution in [1.82, 2.24) is 4.90 Å². The standard InChI is InChI=1S/C16H20N2S/c1-16(2)11-18(8-12-5-6-19-10-12)9-13-7-14(17)3-4-15(13)16/h3-7,10H,8-9,11,17H2,1-2H3. The smallest absolute Gasteiger partial charge is 0.0317 e. The minimum absolute atomic E-state index is 0.192. The van der Waals surface area contributed by atoms with Crippen molar-refractivity contribution < 1.29 is 0 Å². The lowest BCUT2D eigenvalue weighted by molar-refractivity contribution is 0.186. The van der Waals surface area contributed by atoms with Crippen LogP contribution in [0.25, 0.3) is 0 Å². The second-order valence-corrected chi connectivity index (χ2v) is 6.86. The number of nitrogens with two attached hydrogens (primary N) is 1. The quantitative estimate of drug-likeness (QED) is 0.846. The highest BCUT2D eigenvalue weighted by atomic mass is 32.1. The van der Waals surface area contributed by atoms with Gasteiger partial charge in [0.1, 0.15) is 0 Å². The van der Waals surface area contributed by atoms with Crippen molar-refractivity contribution in [2.75, 3.05) is 12.3 Å². The molecular formula is C16H20N2S. The summed E-state index contributed by atoms with van der Waals surface area (Å²) in [6, 6.07) is 8.57. The molecule has 0 fully saturated rings. The van der Waals surface area contributed by atoms with Crippen LogP contribution in [0.15, 0.2) is 35.0 Å². The van der Waals surface area contributed by atoms with Crippen LogP contribution in [0.3, 0.4) is 0 Å². The summed E-state index contributed by atoms with van der Waals surface area (Å²) in [5, 5.41) is 4.39. The topological polar surface area (TPSA) is 29.3 Å². The number of fused-ring (bicyclic) bond motifs is 1. The van der Waals surface area contributed by atoms with Crippen LogP contribution in [0.5, 0.6) is 0 Å². The molecule has 0 amide bonds. The molecule has 100 valence electrons. The SMILES string of the molecule is CC1(C)CN(Cc2ccsc2)Cc2cc(N)ccc21. The fourth-order valence-corrected chi connectivity index (χ4v) is 3.76. The number of hydrogen-bond donors (Lipinski definition) is 1. The van der Waals surface area contributed by atoms with Gasteiger partial charge in [-0.25, -0.2) is 0 Å². The molecule has 0 spiro atoms. The molecule has 3 rings (SSSR count). The van der Waals surface area contributed by atoms with Crippen molar-refractivity contribution in [2.45, 2.75) is 32.4 Å². The Morgan fingerprint density at radius 1 is 1.32 bits per heavy atom. The summed E-state index contributed by atoms with van der Waals surface area (Å²) in [6.07, 6.45) is 0. The molecule has 2 nitrogen and oxygen atoms in total. The summed E-state index contributed by atoms with van der Waals surface area (Å²) in [5.74, 6) is 0. The molecule has 19 heavy (non-hydrogen) atoms. The zero-order valence-electron chi connectivity index (χ0n) is 11.5. The molecule has 0 atom stereocenters. The van der Waals surface area contributed by atoms with Crippen LogP contribution in [-0.4, -0.2) is 11.4 Å². The lowest BCUT2D eigenvalue weighted by Gasteiger charge is -2.40. The molecule has 0 bridgehead atoms. The third-order valence-electron chi connectivity index (χ3n) is 3.86. The van der Waals surface area contributed by atoms with Crippen LogP contribution in [0.1, 0.15) is 30.5 Å². The summed E-state index contributed by atoms with van der Waals surface area (Å²) in [6.45, 7) is 7.77. The average molecular weight is 272 g/mol. The lowest BCUT2D eigenvalue weighted by atomic mass is 9.78. The van der Waals surface area contributed by atoms with E-state index in [1.807, 2.05) is 6.07 Å². The van der Waals surface area contributed by atoms with Crippen molar-refractivity contribution >= 4 is 17.0 Å². The second kappa shape index (κ2) is 4.66. The number of anilines is 1. The zero-order valence-corrected chi connectivity index (χ0v) is 12.3. The summed E-state index contributed by atoms with van der Waals surface area (Å²) in [5.41, 5.74) is 11.2. The Morgan fingerprint density at radius 2 is 2.16 bits per heavy atom. The number of hydrogen-bond acceptors (Lipinski definition) is 3. The van der Waals surface area contributed by atoms with E-state index in [-0.39, 0.29) is 5.41 Å². The first-order chi connectivity index (χ1) is 9.04. The van der Waals surface area contributed by atoms with Crippen molar-refractivity contribution in [3.8, 4) is 0 Å². The van der Waals surface area contributed by atoms with E-state index in [1.165, 1.54) is 16.7 Å². The number of nitrogens with zero attached hydrogens (tertiary/aromatic N) is 1.